The maximum absolute atomic E-state index is 13.2. The molecule has 1 saturated heterocycles. The van der Waals surface area contributed by atoms with Gasteiger partial charge in [0.1, 0.15) is 11.5 Å². The van der Waals surface area contributed by atoms with Crippen molar-refractivity contribution in [2.45, 2.75) is 52.4 Å². The second-order valence-corrected chi connectivity index (χ2v) is 8.69. The van der Waals surface area contributed by atoms with Gasteiger partial charge >= 0.3 is 0 Å². The number of ether oxygens (including phenoxy) is 2. The molecular formula is C28H38N2O4. The van der Waals surface area contributed by atoms with E-state index < -0.39 is 0 Å². The Kier molecular flexibility index (Phi) is 10.3. The zero-order valence-electron chi connectivity index (χ0n) is 20.6. The summed E-state index contributed by atoms with van der Waals surface area (Å²) in [6.45, 7) is 7.51. The normalized spacial score (nSPS) is 13.6. The molecule has 0 aromatic heterocycles. The van der Waals surface area contributed by atoms with Gasteiger partial charge in [-0.15, -0.1) is 0 Å². The largest absolute Gasteiger partial charge is 0.493 e. The van der Waals surface area contributed by atoms with Crippen LogP contribution in [0.15, 0.2) is 48.5 Å². The number of piperazine rings is 1. The molecule has 0 radical (unpaired) electrons. The Bertz CT molecular complexity index is 847. The molecule has 0 spiro atoms. The molecule has 2 aromatic carbocycles. The van der Waals surface area contributed by atoms with Crippen molar-refractivity contribution in [1.29, 1.82) is 0 Å². The number of para-hydroxylation sites is 2. The second-order valence-electron chi connectivity index (χ2n) is 8.69. The predicted molar refractivity (Wildman–Crippen MR) is 135 cm³/mol. The molecule has 184 valence electrons. The average molecular weight is 467 g/mol. The number of unbranched alkanes of at least 4 members (excludes halogenated alkanes) is 4. The lowest BCUT2D eigenvalue weighted by molar-refractivity contribution is 0.0530. The van der Waals surface area contributed by atoms with E-state index in [1.807, 2.05) is 58.3 Å². The van der Waals surface area contributed by atoms with Crippen LogP contribution >= 0.6 is 0 Å². The first kappa shape index (κ1) is 25.6. The van der Waals surface area contributed by atoms with E-state index in [0.29, 0.717) is 62.0 Å². The van der Waals surface area contributed by atoms with Crippen molar-refractivity contribution in [3.63, 3.8) is 0 Å². The number of carbonyl (C=O) groups is 2. The van der Waals surface area contributed by atoms with Crippen molar-refractivity contribution in [3.8, 4) is 11.5 Å². The number of hydrogen-bond acceptors (Lipinski definition) is 4. The molecule has 0 saturated carbocycles. The third-order valence-corrected chi connectivity index (χ3v) is 6.10. The third-order valence-electron chi connectivity index (χ3n) is 6.10. The van der Waals surface area contributed by atoms with Crippen LogP contribution in [0.25, 0.3) is 0 Å². The van der Waals surface area contributed by atoms with Crippen molar-refractivity contribution in [3.05, 3.63) is 59.7 Å². The lowest BCUT2D eigenvalue weighted by atomic mass is 10.1. The Morgan fingerprint density at radius 1 is 0.647 bits per heavy atom. The zero-order valence-corrected chi connectivity index (χ0v) is 20.6. The van der Waals surface area contributed by atoms with Gasteiger partial charge in [-0.2, -0.15) is 0 Å². The van der Waals surface area contributed by atoms with Crippen molar-refractivity contribution in [2.75, 3.05) is 39.4 Å². The third kappa shape index (κ3) is 6.99. The molecule has 6 nitrogen and oxygen atoms in total. The van der Waals surface area contributed by atoms with E-state index >= 15 is 0 Å². The minimum absolute atomic E-state index is 0.0437. The van der Waals surface area contributed by atoms with Crippen LogP contribution in [-0.2, 0) is 0 Å². The Balaban J connectivity index is 1.58. The summed E-state index contributed by atoms with van der Waals surface area (Å²) in [5.74, 6) is 1.18. The summed E-state index contributed by atoms with van der Waals surface area (Å²) in [4.78, 5) is 30.0. The fourth-order valence-electron chi connectivity index (χ4n) is 4.06. The first-order valence-corrected chi connectivity index (χ1v) is 12.7. The Morgan fingerprint density at radius 3 is 1.41 bits per heavy atom. The van der Waals surface area contributed by atoms with Crippen LogP contribution < -0.4 is 9.47 Å². The number of rotatable bonds is 12. The summed E-state index contributed by atoms with van der Waals surface area (Å²) in [5, 5.41) is 0. The Labute approximate surface area is 203 Å². The van der Waals surface area contributed by atoms with Crippen LogP contribution in [-0.4, -0.2) is 61.0 Å². The minimum atomic E-state index is -0.0437. The molecule has 0 aliphatic carbocycles. The zero-order chi connectivity index (χ0) is 24.2. The van der Waals surface area contributed by atoms with E-state index in [1.54, 1.807) is 0 Å². The van der Waals surface area contributed by atoms with E-state index in [0.717, 1.165) is 38.5 Å². The summed E-state index contributed by atoms with van der Waals surface area (Å²) >= 11 is 0. The molecule has 0 unspecified atom stereocenters. The molecule has 1 fully saturated rings. The number of carbonyl (C=O) groups excluding carboxylic acids is 2. The average Bonchev–Trinajstić information content (AvgIpc) is 2.89. The summed E-state index contributed by atoms with van der Waals surface area (Å²) in [7, 11) is 0. The topological polar surface area (TPSA) is 59.1 Å². The fraction of sp³-hybridized carbons (Fsp3) is 0.500. The second kappa shape index (κ2) is 13.6. The van der Waals surface area contributed by atoms with Gasteiger partial charge < -0.3 is 19.3 Å². The highest BCUT2D eigenvalue weighted by molar-refractivity contribution is 5.98. The van der Waals surface area contributed by atoms with Gasteiger partial charge in [-0.05, 0) is 37.1 Å². The fourth-order valence-corrected chi connectivity index (χ4v) is 4.06. The molecule has 2 amide bonds. The highest BCUT2D eigenvalue weighted by Gasteiger charge is 2.28. The van der Waals surface area contributed by atoms with E-state index in [2.05, 4.69) is 13.8 Å². The van der Waals surface area contributed by atoms with Crippen LogP contribution in [0.2, 0.25) is 0 Å². The van der Waals surface area contributed by atoms with E-state index in [-0.39, 0.29) is 11.8 Å². The highest BCUT2D eigenvalue weighted by atomic mass is 16.5. The lowest BCUT2D eigenvalue weighted by Gasteiger charge is -2.35. The van der Waals surface area contributed by atoms with E-state index in [4.69, 9.17) is 9.47 Å². The van der Waals surface area contributed by atoms with Gasteiger partial charge in [-0.1, -0.05) is 63.8 Å². The highest BCUT2D eigenvalue weighted by Crippen LogP contribution is 2.23. The van der Waals surface area contributed by atoms with Crippen LogP contribution in [0, 0.1) is 0 Å². The standard InChI is InChI=1S/C28H38N2O4/c1-3-5-11-21-33-25-15-9-7-13-23(25)27(31)29-17-19-30(20-18-29)28(32)24-14-8-10-16-26(24)34-22-12-6-4-2/h7-10,13-16H,3-6,11-12,17-22H2,1-2H3. The molecule has 2 aromatic rings. The van der Waals surface area contributed by atoms with Crippen molar-refractivity contribution < 1.29 is 19.1 Å². The molecule has 1 aliphatic rings. The molecule has 1 heterocycles. The number of benzene rings is 2. The van der Waals surface area contributed by atoms with Gasteiger partial charge in [0.05, 0.1) is 24.3 Å². The van der Waals surface area contributed by atoms with Gasteiger partial charge in [0, 0.05) is 26.2 Å². The molecule has 0 atom stereocenters. The molecule has 0 bridgehead atoms. The van der Waals surface area contributed by atoms with E-state index in [9.17, 15) is 9.59 Å². The first-order chi connectivity index (χ1) is 16.7. The van der Waals surface area contributed by atoms with Crippen LogP contribution in [0.5, 0.6) is 11.5 Å². The van der Waals surface area contributed by atoms with E-state index in [1.165, 1.54) is 0 Å². The van der Waals surface area contributed by atoms with Crippen molar-refractivity contribution in [1.82, 2.24) is 9.80 Å². The lowest BCUT2D eigenvalue weighted by Crippen LogP contribution is -2.50. The number of amides is 2. The summed E-state index contributed by atoms with van der Waals surface area (Å²) in [5.41, 5.74) is 1.18. The van der Waals surface area contributed by atoms with Gasteiger partial charge in [-0.3, -0.25) is 9.59 Å². The maximum Gasteiger partial charge on any atom is 0.257 e. The van der Waals surface area contributed by atoms with Crippen LogP contribution in [0.1, 0.15) is 73.1 Å². The maximum atomic E-state index is 13.2. The molecule has 6 heteroatoms. The minimum Gasteiger partial charge on any atom is -0.493 e. The van der Waals surface area contributed by atoms with Gasteiger partial charge in [0.25, 0.3) is 11.8 Å². The summed E-state index contributed by atoms with van der Waals surface area (Å²) in [6, 6.07) is 14.9. The van der Waals surface area contributed by atoms with Crippen molar-refractivity contribution >= 4 is 11.8 Å². The summed E-state index contributed by atoms with van der Waals surface area (Å²) < 4.78 is 11.8. The quantitative estimate of drug-likeness (QED) is 0.392. The van der Waals surface area contributed by atoms with Crippen LogP contribution in [0.3, 0.4) is 0 Å². The molecule has 3 rings (SSSR count). The van der Waals surface area contributed by atoms with Gasteiger partial charge in [0.15, 0.2) is 0 Å². The number of hydrogen-bond donors (Lipinski definition) is 0. The SMILES string of the molecule is CCCCCOc1ccccc1C(=O)N1CCN(C(=O)c2ccccc2OCCCCC)CC1. The molecular weight excluding hydrogens is 428 g/mol. The smallest absolute Gasteiger partial charge is 0.257 e. The Morgan fingerprint density at radius 2 is 1.03 bits per heavy atom. The first-order valence-electron chi connectivity index (χ1n) is 12.7. The molecule has 34 heavy (non-hydrogen) atoms. The van der Waals surface area contributed by atoms with Gasteiger partial charge in [0.2, 0.25) is 0 Å². The monoisotopic (exact) mass is 466 g/mol. The summed E-state index contributed by atoms with van der Waals surface area (Å²) in [6.07, 6.45) is 6.43. The predicted octanol–water partition coefficient (Wildman–Crippen LogP) is 5.42. The van der Waals surface area contributed by atoms with Crippen LogP contribution in [0.4, 0.5) is 0 Å². The van der Waals surface area contributed by atoms with Gasteiger partial charge in [-0.25, -0.2) is 0 Å². The number of nitrogens with zero attached hydrogens (tertiary/aromatic N) is 2. The molecule has 0 N–H and O–H groups in total. The Hall–Kier alpha value is -3.02. The van der Waals surface area contributed by atoms with Crippen molar-refractivity contribution in [2.24, 2.45) is 0 Å². The molecule has 1 aliphatic heterocycles.